The van der Waals surface area contributed by atoms with E-state index in [1.807, 2.05) is 13.8 Å². The third kappa shape index (κ3) is 5.61. The Morgan fingerprint density at radius 3 is 2.69 bits per heavy atom. The molecule has 16 heavy (non-hydrogen) atoms. The lowest BCUT2D eigenvalue weighted by atomic mass is 10.0. The summed E-state index contributed by atoms with van der Waals surface area (Å²) in [7, 11) is 0. The van der Waals surface area contributed by atoms with Gasteiger partial charge >= 0.3 is 0 Å². The Kier molecular flexibility index (Phi) is 7.38. The predicted octanol–water partition coefficient (Wildman–Crippen LogP) is 2.71. The van der Waals surface area contributed by atoms with Gasteiger partial charge in [0, 0.05) is 0 Å². The van der Waals surface area contributed by atoms with Gasteiger partial charge in [-0.15, -0.1) is 0 Å². The molecule has 0 aromatic carbocycles. The molecule has 1 unspecified atom stereocenters. The van der Waals surface area contributed by atoms with Gasteiger partial charge in [-0.1, -0.05) is 32.1 Å². The van der Waals surface area contributed by atoms with Gasteiger partial charge in [0.1, 0.15) is 12.0 Å². The Hall–Kier alpha value is -1.22. The topological polar surface area (TPSA) is 43.1 Å². The van der Waals surface area contributed by atoms with Gasteiger partial charge in [-0.25, -0.2) is 4.39 Å². The molecule has 2 nitrogen and oxygen atoms in total. The smallest absolute Gasteiger partial charge is 0.146 e. The molecule has 0 spiro atoms. The second kappa shape index (κ2) is 7.99. The Morgan fingerprint density at radius 1 is 1.50 bits per heavy atom. The van der Waals surface area contributed by atoms with E-state index in [9.17, 15) is 9.18 Å². The van der Waals surface area contributed by atoms with Crippen LogP contribution in [0.1, 0.15) is 27.2 Å². The first kappa shape index (κ1) is 14.8. The summed E-state index contributed by atoms with van der Waals surface area (Å²) in [6.07, 6.45) is 7.41. The maximum atomic E-state index is 13.0. The predicted molar refractivity (Wildman–Crippen MR) is 65.9 cm³/mol. The largest absolute Gasteiger partial charge is 0.321 e. The number of carbonyl (C=O) groups excluding carboxylic acids is 1. The SMILES string of the molecule is CC.CC(=O)[C@H](N)CC1=CC(F)C=CC=C1. The van der Waals surface area contributed by atoms with Crippen LogP contribution >= 0.6 is 0 Å². The van der Waals surface area contributed by atoms with Gasteiger partial charge in [0.2, 0.25) is 0 Å². The van der Waals surface area contributed by atoms with Crippen molar-refractivity contribution in [1.82, 2.24) is 0 Å². The van der Waals surface area contributed by atoms with Crippen LogP contribution in [-0.2, 0) is 4.79 Å². The molecule has 0 heterocycles. The average Bonchev–Trinajstić information content (AvgIpc) is 2.45. The molecule has 0 aromatic rings. The lowest BCUT2D eigenvalue weighted by Crippen LogP contribution is -2.28. The summed E-state index contributed by atoms with van der Waals surface area (Å²) in [5.74, 6) is -0.0769. The first-order valence-electron chi connectivity index (χ1n) is 5.55. The summed E-state index contributed by atoms with van der Waals surface area (Å²) in [4.78, 5) is 10.9. The lowest BCUT2D eigenvalue weighted by molar-refractivity contribution is -0.118. The number of carbonyl (C=O) groups is 1. The standard InChI is InChI=1S/C11H14FNO.C2H6/c1-8(14)11(13)7-9-4-2-3-5-10(12)6-9;1-2/h2-6,10-11H,7,13H2,1H3;1-2H3/t10?,11-;/m1./s1. The van der Waals surface area contributed by atoms with E-state index in [-0.39, 0.29) is 5.78 Å². The number of allylic oxidation sites excluding steroid dienone is 5. The lowest BCUT2D eigenvalue weighted by Gasteiger charge is -2.08. The highest BCUT2D eigenvalue weighted by Crippen LogP contribution is 2.13. The minimum Gasteiger partial charge on any atom is -0.321 e. The van der Waals surface area contributed by atoms with Crippen molar-refractivity contribution in [2.75, 3.05) is 0 Å². The van der Waals surface area contributed by atoms with E-state index < -0.39 is 12.2 Å². The van der Waals surface area contributed by atoms with Gasteiger partial charge < -0.3 is 5.73 Å². The number of nitrogens with two attached hydrogens (primary N) is 1. The molecule has 0 saturated heterocycles. The number of rotatable bonds is 3. The number of halogens is 1. The summed E-state index contributed by atoms with van der Waals surface area (Å²) < 4.78 is 13.0. The van der Waals surface area contributed by atoms with Crippen LogP contribution in [0.15, 0.2) is 36.0 Å². The van der Waals surface area contributed by atoms with Crippen molar-refractivity contribution in [2.24, 2.45) is 5.73 Å². The molecule has 0 saturated carbocycles. The molecule has 0 fully saturated rings. The first-order valence-corrected chi connectivity index (χ1v) is 5.55. The molecule has 90 valence electrons. The number of Topliss-reactive ketones (excluding diaryl/α,β-unsaturated/α-hetero) is 1. The molecular weight excluding hydrogens is 205 g/mol. The van der Waals surface area contributed by atoms with E-state index >= 15 is 0 Å². The molecule has 1 aliphatic rings. The van der Waals surface area contributed by atoms with E-state index in [0.717, 1.165) is 5.57 Å². The number of hydrogen-bond donors (Lipinski definition) is 1. The van der Waals surface area contributed by atoms with Crippen LogP contribution in [-0.4, -0.2) is 18.0 Å². The fraction of sp³-hybridized carbons (Fsp3) is 0.462. The average molecular weight is 225 g/mol. The van der Waals surface area contributed by atoms with Crippen molar-refractivity contribution >= 4 is 5.78 Å². The van der Waals surface area contributed by atoms with Gasteiger partial charge in [-0.05, 0) is 31.1 Å². The van der Waals surface area contributed by atoms with Gasteiger partial charge in [0.25, 0.3) is 0 Å². The van der Waals surface area contributed by atoms with Crippen molar-refractivity contribution < 1.29 is 9.18 Å². The fourth-order valence-electron chi connectivity index (χ4n) is 1.20. The molecule has 1 rings (SSSR count). The van der Waals surface area contributed by atoms with Crippen LogP contribution < -0.4 is 5.73 Å². The summed E-state index contributed by atoms with van der Waals surface area (Å²) >= 11 is 0. The van der Waals surface area contributed by atoms with Gasteiger partial charge in [-0.2, -0.15) is 0 Å². The molecule has 0 amide bonds. The van der Waals surface area contributed by atoms with Crippen LogP contribution in [0.2, 0.25) is 0 Å². The van der Waals surface area contributed by atoms with Gasteiger partial charge in [0.05, 0.1) is 6.04 Å². The monoisotopic (exact) mass is 225 g/mol. The zero-order valence-electron chi connectivity index (χ0n) is 10.1. The van der Waals surface area contributed by atoms with E-state index in [1.165, 1.54) is 19.1 Å². The highest BCUT2D eigenvalue weighted by Gasteiger charge is 2.11. The first-order chi connectivity index (χ1) is 7.59. The van der Waals surface area contributed by atoms with Gasteiger partial charge in [0.15, 0.2) is 0 Å². The zero-order chi connectivity index (χ0) is 12.6. The van der Waals surface area contributed by atoms with Crippen LogP contribution in [0.25, 0.3) is 0 Å². The Morgan fingerprint density at radius 2 is 2.12 bits per heavy atom. The van der Waals surface area contributed by atoms with Crippen LogP contribution in [0.5, 0.6) is 0 Å². The molecule has 0 radical (unpaired) electrons. The normalized spacial score (nSPS) is 20.3. The highest BCUT2D eigenvalue weighted by atomic mass is 19.1. The van der Waals surface area contributed by atoms with E-state index in [0.29, 0.717) is 6.42 Å². The second-order valence-corrected chi connectivity index (χ2v) is 3.35. The van der Waals surface area contributed by atoms with Crippen molar-refractivity contribution in [1.29, 1.82) is 0 Å². The van der Waals surface area contributed by atoms with Crippen molar-refractivity contribution in [3.8, 4) is 0 Å². The Labute approximate surface area is 96.7 Å². The molecular formula is C13H20FNO. The van der Waals surface area contributed by atoms with Crippen molar-refractivity contribution in [2.45, 2.75) is 39.4 Å². The third-order valence-electron chi connectivity index (χ3n) is 2.07. The summed E-state index contributed by atoms with van der Waals surface area (Å²) in [6.45, 7) is 5.44. The molecule has 1 aliphatic carbocycles. The van der Waals surface area contributed by atoms with Crippen LogP contribution in [0.3, 0.4) is 0 Å². The second-order valence-electron chi connectivity index (χ2n) is 3.35. The molecule has 2 N–H and O–H groups in total. The van der Waals surface area contributed by atoms with Crippen LogP contribution in [0.4, 0.5) is 4.39 Å². The van der Waals surface area contributed by atoms with Crippen molar-refractivity contribution in [3.63, 3.8) is 0 Å². The Bertz CT molecular complexity index is 305. The number of hydrogen-bond acceptors (Lipinski definition) is 2. The minimum atomic E-state index is -1.08. The maximum absolute atomic E-state index is 13.0. The summed E-state index contributed by atoms with van der Waals surface area (Å²) in [5.41, 5.74) is 6.35. The van der Waals surface area contributed by atoms with E-state index in [2.05, 4.69) is 0 Å². The molecule has 0 aliphatic heterocycles. The number of alkyl halides is 1. The van der Waals surface area contributed by atoms with E-state index in [1.54, 1.807) is 18.2 Å². The third-order valence-corrected chi connectivity index (χ3v) is 2.07. The molecule has 0 aromatic heterocycles. The minimum absolute atomic E-state index is 0.0769. The van der Waals surface area contributed by atoms with Gasteiger partial charge in [-0.3, -0.25) is 4.79 Å². The molecule has 0 bridgehead atoms. The fourth-order valence-corrected chi connectivity index (χ4v) is 1.20. The summed E-state index contributed by atoms with van der Waals surface area (Å²) in [5, 5.41) is 0. The Balaban J connectivity index is 0.00000106. The quantitative estimate of drug-likeness (QED) is 0.802. The molecule has 2 atom stereocenters. The van der Waals surface area contributed by atoms with E-state index in [4.69, 9.17) is 5.73 Å². The highest BCUT2D eigenvalue weighted by molar-refractivity contribution is 5.81. The maximum Gasteiger partial charge on any atom is 0.146 e. The van der Waals surface area contributed by atoms with Crippen molar-refractivity contribution in [3.05, 3.63) is 36.0 Å². The summed E-state index contributed by atoms with van der Waals surface area (Å²) in [6, 6.07) is -0.531. The van der Waals surface area contributed by atoms with Crippen LogP contribution in [0, 0.1) is 0 Å². The molecule has 3 heteroatoms. The zero-order valence-corrected chi connectivity index (χ0v) is 10.1. The number of ketones is 1.